The number of rotatable bonds is 6. The third kappa shape index (κ3) is 7.81. The minimum Gasteiger partial charge on any atom is -0.463 e. The second kappa shape index (κ2) is 9.83. The lowest BCUT2D eigenvalue weighted by molar-refractivity contribution is -0.297. The van der Waals surface area contributed by atoms with Crippen LogP contribution in [0.5, 0.6) is 0 Å². The number of carbonyl (C=O) groups is 4. The van der Waals surface area contributed by atoms with E-state index in [4.69, 9.17) is 23.7 Å². The number of hydrogen-bond donors (Lipinski definition) is 1. The van der Waals surface area contributed by atoms with Crippen LogP contribution in [-0.2, 0) is 42.9 Å². The van der Waals surface area contributed by atoms with Crippen LogP contribution in [0, 0.1) is 0 Å². The molecule has 0 radical (unpaired) electrons. The molecule has 5 atom stereocenters. The highest BCUT2D eigenvalue weighted by atomic mass is 16.7. The predicted molar refractivity (Wildman–Crippen MR) is 94.8 cm³/mol. The maximum Gasteiger partial charge on any atom is 0.303 e. The van der Waals surface area contributed by atoms with Gasteiger partial charge in [0.2, 0.25) is 5.91 Å². The van der Waals surface area contributed by atoms with Crippen LogP contribution in [0.2, 0.25) is 0 Å². The zero-order valence-electron chi connectivity index (χ0n) is 17.3. The second-order valence-corrected chi connectivity index (χ2v) is 7.45. The van der Waals surface area contributed by atoms with Gasteiger partial charge in [0.05, 0.1) is 5.60 Å². The Morgan fingerprint density at radius 3 is 1.86 bits per heavy atom. The van der Waals surface area contributed by atoms with Crippen molar-refractivity contribution in [2.75, 3.05) is 6.61 Å². The molecule has 0 spiro atoms. The molecule has 0 unspecified atom stereocenters. The Morgan fingerprint density at radius 1 is 0.893 bits per heavy atom. The molecule has 1 aliphatic rings. The van der Waals surface area contributed by atoms with Crippen LogP contribution in [0.15, 0.2) is 0 Å². The molecule has 1 amide bonds. The number of ether oxygens (including phenoxy) is 5. The minimum atomic E-state index is -1.13. The van der Waals surface area contributed by atoms with E-state index in [1.165, 1.54) is 27.7 Å². The number of carbonyl (C=O) groups excluding carboxylic acids is 4. The molecule has 0 bridgehead atoms. The molecule has 1 fully saturated rings. The molecule has 1 aliphatic heterocycles. The van der Waals surface area contributed by atoms with Crippen molar-refractivity contribution < 1.29 is 42.9 Å². The summed E-state index contributed by atoms with van der Waals surface area (Å²) < 4.78 is 27.4. The van der Waals surface area contributed by atoms with Gasteiger partial charge < -0.3 is 29.0 Å². The summed E-state index contributed by atoms with van der Waals surface area (Å²) in [4.78, 5) is 46.3. The van der Waals surface area contributed by atoms with Crippen LogP contribution in [0.3, 0.4) is 0 Å². The van der Waals surface area contributed by atoms with Crippen LogP contribution < -0.4 is 5.32 Å². The Kier molecular flexibility index (Phi) is 8.37. The molecule has 10 nitrogen and oxygen atoms in total. The van der Waals surface area contributed by atoms with Gasteiger partial charge in [-0.1, -0.05) is 0 Å². The highest BCUT2D eigenvalue weighted by Gasteiger charge is 2.52. The van der Waals surface area contributed by atoms with Gasteiger partial charge in [-0.05, 0) is 20.8 Å². The van der Waals surface area contributed by atoms with Gasteiger partial charge in [-0.15, -0.1) is 0 Å². The smallest absolute Gasteiger partial charge is 0.303 e. The van der Waals surface area contributed by atoms with E-state index in [0.29, 0.717) is 0 Å². The molecular formula is C18H29NO9. The molecule has 0 saturated carbocycles. The summed E-state index contributed by atoms with van der Waals surface area (Å²) in [6, 6.07) is -0.960. The Labute approximate surface area is 164 Å². The van der Waals surface area contributed by atoms with Gasteiger partial charge in [-0.3, -0.25) is 19.2 Å². The van der Waals surface area contributed by atoms with Gasteiger partial charge in [0.1, 0.15) is 18.8 Å². The van der Waals surface area contributed by atoms with Crippen molar-refractivity contribution >= 4 is 23.8 Å². The Hall–Kier alpha value is -2.20. The summed E-state index contributed by atoms with van der Waals surface area (Å²) in [5, 5.41) is 2.63. The molecule has 1 rings (SSSR count). The predicted octanol–water partition coefficient (Wildman–Crippen LogP) is 0.458. The molecular weight excluding hydrogens is 374 g/mol. The average molecular weight is 403 g/mol. The van der Waals surface area contributed by atoms with E-state index >= 15 is 0 Å². The zero-order chi connectivity index (χ0) is 21.6. The fourth-order valence-corrected chi connectivity index (χ4v) is 2.74. The third-order valence-electron chi connectivity index (χ3n) is 3.54. The fourth-order valence-electron chi connectivity index (χ4n) is 2.74. The summed E-state index contributed by atoms with van der Waals surface area (Å²) in [5.74, 6) is -2.30. The van der Waals surface area contributed by atoms with Gasteiger partial charge in [0.15, 0.2) is 18.5 Å². The molecule has 1 N–H and O–H groups in total. The van der Waals surface area contributed by atoms with E-state index in [0.717, 1.165) is 0 Å². The number of hydrogen-bond acceptors (Lipinski definition) is 9. The van der Waals surface area contributed by atoms with Gasteiger partial charge in [-0.25, -0.2) is 0 Å². The quantitative estimate of drug-likeness (QED) is 0.497. The fraction of sp³-hybridized carbons (Fsp3) is 0.778. The molecule has 1 saturated heterocycles. The first kappa shape index (κ1) is 23.8. The van der Waals surface area contributed by atoms with E-state index < -0.39 is 60.1 Å². The first-order chi connectivity index (χ1) is 12.8. The molecule has 28 heavy (non-hydrogen) atoms. The molecule has 1 heterocycles. The van der Waals surface area contributed by atoms with E-state index in [2.05, 4.69) is 5.32 Å². The van der Waals surface area contributed by atoms with Gasteiger partial charge in [-0.2, -0.15) is 0 Å². The molecule has 160 valence electrons. The molecule has 0 aromatic rings. The summed E-state index contributed by atoms with van der Waals surface area (Å²) in [6.07, 6.45) is -4.28. The van der Waals surface area contributed by atoms with E-state index in [1.807, 2.05) is 0 Å². The van der Waals surface area contributed by atoms with Crippen LogP contribution in [0.4, 0.5) is 0 Å². The summed E-state index contributed by atoms with van der Waals surface area (Å²) in [6.45, 7) is 9.94. The van der Waals surface area contributed by atoms with Crippen LogP contribution >= 0.6 is 0 Å². The highest BCUT2D eigenvalue weighted by molar-refractivity contribution is 5.73. The summed E-state index contributed by atoms with van der Waals surface area (Å²) in [5.41, 5.74) is -0.678. The van der Waals surface area contributed by atoms with Crippen LogP contribution in [-0.4, -0.2) is 66.7 Å². The Bertz CT molecular complexity index is 598. The van der Waals surface area contributed by atoms with Crippen molar-refractivity contribution in [3.63, 3.8) is 0 Å². The standard InChI is InChI=1S/C18H29NO9/c1-9(20)19-14-16(26-12(4)23)15(25-11(3)22)13(8-24-10(2)21)27-17(14)28-18(5,6)7/h13-17H,8H2,1-7H3,(H,19,20)/t13-,14-,15+,16+,17+/m0/s1. The van der Waals surface area contributed by atoms with E-state index in [9.17, 15) is 19.2 Å². The number of amides is 1. The van der Waals surface area contributed by atoms with Crippen molar-refractivity contribution in [3.8, 4) is 0 Å². The monoisotopic (exact) mass is 403 g/mol. The third-order valence-corrected chi connectivity index (χ3v) is 3.54. The highest BCUT2D eigenvalue weighted by Crippen LogP contribution is 2.30. The van der Waals surface area contributed by atoms with Gasteiger partial charge in [0, 0.05) is 27.7 Å². The van der Waals surface area contributed by atoms with Gasteiger partial charge >= 0.3 is 17.9 Å². The number of esters is 3. The van der Waals surface area contributed by atoms with Crippen LogP contribution in [0.1, 0.15) is 48.5 Å². The summed E-state index contributed by atoms with van der Waals surface area (Å²) in [7, 11) is 0. The van der Waals surface area contributed by atoms with Gasteiger partial charge in [0.25, 0.3) is 0 Å². The van der Waals surface area contributed by atoms with Crippen molar-refractivity contribution in [3.05, 3.63) is 0 Å². The lowest BCUT2D eigenvalue weighted by Crippen LogP contribution is -2.67. The van der Waals surface area contributed by atoms with Crippen LogP contribution in [0.25, 0.3) is 0 Å². The lowest BCUT2D eigenvalue weighted by atomic mass is 9.95. The molecule has 0 aliphatic carbocycles. The van der Waals surface area contributed by atoms with Crippen molar-refractivity contribution in [2.45, 2.75) is 84.7 Å². The number of nitrogens with one attached hydrogen (secondary N) is 1. The first-order valence-electron chi connectivity index (χ1n) is 8.88. The summed E-state index contributed by atoms with van der Waals surface area (Å²) >= 11 is 0. The Balaban J connectivity index is 3.33. The van der Waals surface area contributed by atoms with E-state index in [1.54, 1.807) is 20.8 Å². The van der Waals surface area contributed by atoms with E-state index in [-0.39, 0.29) is 6.61 Å². The normalized spacial score (nSPS) is 27.5. The molecule has 10 heteroatoms. The second-order valence-electron chi connectivity index (χ2n) is 7.45. The maximum atomic E-state index is 11.7. The lowest BCUT2D eigenvalue weighted by Gasteiger charge is -2.46. The topological polar surface area (TPSA) is 126 Å². The molecule has 0 aromatic carbocycles. The van der Waals surface area contributed by atoms with Crippen molar-refractivity contribution in [1.82, 2.24) is 5.32 Å². The van der Waals surface area contributed by atoms with Crippen molar-refractivity contribution in [2.24, 2.45) is 0 Å². The largest absolute Gasteiger partial charge is 0.463 e. The minimum absolute atomic E-state index is 0.262. The average Bonchev–Trinajstić information content (AvgIpc) is 2.48. The SMILES string of the molecule is CC(=O)N[C@@H]1[C@@H](OC(C)(C)C)O[C@@H](COC(C)=O)[C@@H](OC(C)=O)[C@@H]1OC(C)=O. The van der Waals surface area contributed by atoms with Crippen molar-refractivity contribution in [1.29, 1.82) is 0 Å². The maximum absolute atomic E-state index is 11.7. The zero-order valence-corrected chi connectivity index (χ0v) is 17.3. The Morgan fingerprint density at radius 2 is 1.43 bits per heavy atom. The molecule has 0 aromatic heterocycles. The first-order valence-corrected chi connectivity index (χ1v) is 8.88.